The Morgan fingerprint density at radius 2 is 1.76 bits per heavy atom. The Labute approximate surface area is 151 Å². The summed E-state index contributed by atoms with van der Waals surface area (Å²) in [5, 5.41) is 0. The first-order valence-electron chi connectivity index (χ1n) is 9.54. The lowest BCUT2D eigenvalue weighted by Crippen LogP contribution is -2.41. The van der Waals surface area contributed by atoms with Crippen LogP contribution in [0.3, 0.4) is 0 Å². The van der Waals surface area contributed by atoms with E-state index in [1.807, 2.05) is 17.0 Å². The molecule has 0 bridgehead atoms. The van der Waals surface area contributed by atoms with Crippen LogP contribution in [0.2, 0.25) is 0 Å². The van der Waals surface area contributed by atoms with Gasteiger partial charge in [-0.3, -0.25) is 4.79 Å². The molecular formula is C20H28BNO3. The van der Waals surface area contributed by atoms with Crippen LogP contribution in [0.4, 0.5) is 0 Å². The average Bonchev–Trinajstić information content (AvgIpc) is 3.20. The van der Waals surface area contributed by atoms with Gasteiger partial charge in [0.15, 0.2) is 0 Å². The van der Waals surface area contributed by atoms with Gasteiger partial charge in [-0.2, -0.15) is 0 Å². The topological polar surface area (TPSA) is 38.8 Å². The summed E-state index contributed by atoms with van der Waals surface area (Å²) >= 11 is 0. The number of hydrogen-bond acceptors (Lipinski definition) is 3. The first-order valence-corrected chi connectivity index (χ1v) is 9.54. The van der Waals surface area contributed by atoms with Gasteiger partial charge in [-0.1, -0.05) is 25.0 Å². The van der Waals surface area contributed by atoms with E-state index in [0.717, 1.165) is 29.7 Å². The van der Waals surface area contributed by atoms with E-state index in [2.05, 4.69) is 33.8 Å². The number of rotatable bonds is 3. The molecule has 4 nitrogen and oxygen atoms in total. The zero-order chi connectivity index (χ0) is 17.8. The molecule has 0 unspecified atom stereocenters. The minimum atomic E-state index is -0.410. The molecular weight excluding hydrogens is 313 g/mol. The van der Waals surface area contributed by atoms with Gasteiger partial charge >= 0.3 is 7.12 Å². The van der Waals surface area contributed by atoms with Crippen LogP contribution in [0.25, 0.3) is 0 Å². The fourth-order valence-corrected chi connectivity index (χ4v) is 4.16. The van der Waals surface area contributed by atoms with E-state index in [1.165, 1.54) is 25.7 Å². The number of amides is 1. The summed E-state index contributed by atoms with van der Waals surface area (Å²) < 4.78 is 12.3. The summed E-state index contributed by atoms with van der Waals surface area (Å²) in [4.78, 5) is 14.9. The van der Waals surface area contributed by atoms with Gasteiger partial charge in [-0.25, -0.2) is 0 Å². The Morgan fingerprint density at radius 1 is 1.12 bits per heavy atom. The van der Waals surface area contributed by atoms with Crippen LogP contribution in [0.15, 0.2) is 18.2 Å². The van der Waals surface area contributed by atoms with Gasteiger partial charge in [-0.15, -0.1) is 0 Å². The molecule has 3 aliphatic rings. The Bertz CT molecular complexity index is 678. The van der Waals surface area contributed by atoms with Gasteiger partial charge in [0, 0.05) is 18.7 Å². The molecule has 25 heavy (non-hydrogen) atoms. The third-order valence-corrected chi connectivity index (χ3v) is 6.49. The van der Waals surface area contributed by atoms with Crippen molar-refractivity contribution in [2.45, 2.75) is 71.1 Å². The average molecular weight is 341 g/mol. The molecule has 1 aromatic rings. The quantitative estimate of drug-likeness (QED) is 0.793. The van der Waals surface area contributed by atoms with Crippen LogP contribution < -0.4 is 5.46 Å². The first-order chi connectivity index (χ1) is 11.8. The van der Waals surface area contributed by atoms with Crippen molar-refractivity contribution in [3.05, 3.63) is 29.3 Å². The molecule has 134 valence electrons. The third kappa shape index (κ3) is 2.91. The summed E-state index contributed by atoms with van der Waals surface area (Å²) in [5.74, 6) is 0.848. The SMILES string of the molecule is CC1(C)OB(c2ccc3c(c2)C(=O)N(CC2CCCC2)C3)OC1(C)C. The summed E-state index contributed by atoms with van der Waals surface area (Å²) in [6, 6.07) is 6.10. The van der Waals surface area contributed by atoms with Crippen LogP contribution in [-0.2, 0) is 15.9 Å². The predicted octanol–water partition coefficient (Wildman–Crippen LogP) is 3.13. The molecule has 2 fully saturated rings. The minimum absolute atomic E-state index is 0.167. The lowest BCUT2D eigenvalue weighted by atomic mass is 9.78. The molecule has 5 heteroatoms. The van der Waals surface area contributed by atoms with E-state index >= 15 is 0 Å². The predicted molar refractivity (Wildman–Crippen MR) is 98.9 cm³/mol. The molecule has 0 radical (unpaired) electrons. The Kier molecular flexibility index (Phi) is 4.00. The molecule has 0 N–H and O–H groups in total. The fourth-order valence-electron chi connectivity index (χ4n) is 4.16. The van der Waals surface area contributed by atoms with Crippen molar-refractivity contribution in [2.24, 2.45) is 5.92 Å². The summed E-state index contributed by atoms with van der Waals surface area (Å²) in [6.45, 7) is 9.85. The maximum Gasteiger partial charge on any atom is 0.494 e. The summed E-state index contributed by atoms with van der Waals surface area (Å²) in [5.41, 5.74) is 2.16. The Hall–Kier alpha value is -1.33. The molecule has 4 rings (SSSR count). The van der Waals surface area contributed by atoms with E-state index in [9.17, 15) is 4.79 Å². The van der Waals surface area contributed by atoms with Crippen molar-refractivity contribution in [1.29, 1.82) is 0 Å². The van der Waals surface area contributed by atoms with E-state index < -0.39 is 7.12 Å². The highest BCUT2D eigenvalue weighted by molar-refractivity contribution is 6.62. The van der Waals surface area contributed by atoms with E-state index in [4.69, 9.17) is 9.31 Å². The van der Waals surface area contributed by atoms with E-state index in [-0.39, 0.29) is 17.1 Å². The lowest BCUT2D eigenvalue weighted by Gasteiger charge is -2.32. The van der Waals surface area contributed by atoms with Crippen molar-refractivity contribution in [3.8, 4) is 0 Å². The van der Waals surface area contributed by atoms with Crippen molar-refractivity contribution in [2.75, 3.05) is 6.54 Å². The van der Waals surface area contributed by atoms with Crippen LogP contribution >= 0.6 is 0 Å². The van der Waals surface area contributed by atoms with Crippen molar-refractivity contribution in [1.82, 2.24) is 4.90 Å². The van der Waals surface area contributed by atoms with E-state index in [1.54, 1.807) is 0 Å². The Morgan fingerprint density at radius 3 is 2.40 bits per heavy atom. The number of fused-ring (bicyclic) bond motifs is 1. The highest BCUT2D eigenvalue weighted by atomic mass is 16.7. The molecule has 1 aliphatic carbocycles. The van der Waals surface area contributed by atoms with Gasteiger partial charge in [-0.05, 0) is 63.5 Å². The lowest BCUT2D eigenvalue weighted by molar-refractivity contribution is 0.00578. The van der Waals surface area contributed by atoms with Gasteiger partial charge in [0.05, 0.1) is 11.2 Å². The zero-order valence-electron chi connectivity index (χ0n) is 15.8. The second-order valence-corrected chi connectivity index (χ2v) is 8.84. The van der Waals surface area contributed by atoms with Crippen molar-refractivity contribution < 1.29 is 14.1 Å². The van der Waals surface area contributed by atoms with E-state index in [0.29, 0.717) is 5.92 Å². The number of carbonyl (C=O) groups excluding carboxylic acids is 1. The second-order valence-electron chi connectivity index (χ2n) is 8.84. The number of benzene rings is 1. The number of hydrogen-bond donors (Lipinski definition) is 0. The first kappa shape index (κ1) is 17.1. The summed E-state index contributed by atoms with van der Waals surface area (Å²) in [7, 11) is -0.410. The second kappa shape index (κ2) is 5.85. The molecule has 0 spiro atoms. The molecule has 1 saturated heterocycles. The molecule has 1 saturated carbocycles. The van der Waals surface area contributed by atoms with Gasteiger partial charge in [0.1, 0.15) is 0 Å². The van der Waals surface area contributed by atoms with Crippen molar-refractivity contribution in [3.63, 3.8) is 0 Å². The largest absolute Gasteiger partial charge is 0.494 e. The van der Waals surface area contributed by atoms with Crippen LogP contribution in [-0.4, -0.2) is 35.7 Å². The van der Waals surface area contributed by atoms with Crippen LogP contribution in [0.5, 0.6) is 0 Å². The molecule has 1 aromatic carbocycles. The monoisotopic (exact) mass is 341 g/mol. The smallest absolute Gasteiger partial charge is 0.399 e. The highest BCUT2D eigenvalue weighted by Gasteiger charge is 2.52. The van der Waals surface area contributed by atoms with Gasteiger partial charge < -0.3 is 14.2 Å². The fraction of sp³-hybridized carbons (Fsp3) is 0.650. The third-order valence-electron chi connectivity index (χ3n) is 6.49. The molecule has 0 atom stereocenters. The molecule has 1 amide bonds. The Balaban J connectivity index is 1.53. The summed E-state index contributed by atoms with van der Waals surface area (Å²) in [6.07, 6.45) is 5.15. The standard InChI is InChI=1S/C20H28BNO3/c1-19(2)20(3,4)25-21(24-19)16-10-9-15-13-22(18(23)17(15)11-16)12-14-7-5-6-8-14/h9-11,14H,5-8,12-13H2,1-4H3. The maximum atomic E-state index is 12.9. The molecule has 2 aliphatic heterocycles. The number of carbonyl (C=O) groups is 1. The normalized spacial score (nSPS) is 25.0. The highest BCUT2D eigenvalue weighted by Crippen LogP contribution is 2.37. The maximum absolute atomic E-state index is 12.9. The van der Waals surface area contributed by atoms with Crippen LogP contribution in [0, 0.1) is 5.92 Å². The van der Waals surface area contributed by atoms with Gasteiger partial charge in [0.25, 0.3) is 5.91 Å². The molecule has 0 aromatic heterocycles. The zero-order valence-corrected chi connectivity index (χ0v) is 15.8. The number of nitrogens with zero attached hydrogens (tertiary/aromatic N) is 1. The molecule has 2 heterocycles. The van der Waals surface area contributed by atoms with Crippen molar-refractivity contribution >= 4 is 18.5 Å². The van der Waals surface area contributed by atoms with Gasteiger partial charge in [0.2, 0.25) is 0 Å². The van der Waals surface area contributed by atoms with Crippen LogP contribution in [0.1, 0.15) is 69.3 Å². The minimum Gasteiger partial charge on any atom is -0.399 e.